The summed E-state index contributed by atoms with van der Waals surface area (Å²) < 4.78 is 0. The van der Waals surface area contributed by atoms with Gasteiger partial charge in [-0.2, -0.15) is 10.1 Å². The Kier molecular flexibility index (Phi) is 2.60. The lowest BCUT2D eigenvalue weighted by Crippen LogP contribution is -1.99. The maximum absolute atomic E-state index is 4.37. The highest BCUT2D eigenvalue weighted by Crippen LogP contribution is 2.21. The lowest BCUT2D eigenvalue weighted by molar-refractivity contribution is 1.01. The number of H-pyrrole nitrogens is 2. The van der Waals surface area contributed by atoms with Gasteiger partial charge in [0.25, 0.3) is 5.95 Å². The number of nitrogens with zero attached hydrogens (tertiary/aromatic N) is 4. The van der Waals surface area contributed by atoms with Crippen molar-refractivity contribution in [3.63, 3.8) is 0 Å². The summed E-state index contributed by atoms with van der Waals surface area (Å²) in [5.41, 5.74) is 6.08. The van der Waals surface area contributed by atoms with Gasteiger partial charge in [-0.05, 0) is 18.2 Å². The molecule has 3 N–H and O–H groups in total. The number of anilines is 1. The molecule has 102 valence electrons. The number of fused-ring (bicyclic) bond motifs is 3. The van der Waals surface area contributed by atoms with Crippen LogP contribution in [0.1, 0.15) is 5.69 Å². The average Bonchev–Trinajstić information content (AvgIpc) is 3.13. The second-order valence-corrected chi connectivity index (χ2v) is 4.50. The normalized spacial score (nSPS) is 11.6. The minimum Gasteiger partial charge on any atom is -0.360 e. The smallest absolute Gasteiger partial charge is 0.265 e. The van der Waals surface area contributed by atoms with Gasteiger partial charge in [0.15, 0.2) is 5.65 Å². The van der Waals surface area contributed by atoms with Gasteiger partial charge >= 0.3 is 0 Å². The molecule has 0 aliphatic rings. The van der Waals surface area contributed by atoms with Crippen LogP contribution in [0.25, 0.3) is 22.1 Å². The predicted molar refractivity (Wildman–Crippen MR) is 81.2 cm³/mol. The van der Waals surface area contributed by atoms with E-state index in [1.807, 2.05) is 42.6 Å². The van der Waals surface area contributed by atoms with Crippen LogP contribution in [0, 0.1) is 0 Å². The van der Waals surface area contributed by atoms with E-state index in [1.54, 1.807) is 6.21 Å². The third-order valence-electron chi connectivity index (χ3n) is 3.11. The van der Waals surface area contributed by atoms with Crippen molar-refractivity contribution >= 4 is 34.2 Å². The highest BCUT2D eigenvalue weighted by molar-refractivity contribution is 6.03. The molecule has 0 bridgehead atoms. The van der Waals surface area contributed by atoms with E-state index in [1.165, 1.54) is 0 Å². The molecule has 7 nitrogen and oxygen atoms in total. The van der Waals surface area contributed by atoms with Crippen LogP contribution in [0.15, 0.2) is 47.7 Å². The van der Waals surface area contributed by atoms with Gasteiger partial charge in [0.05, 0.1) is 11.9 Å². The van der Waals surface area contributed by atoms with Crippen LogP contribution >= 0.6 is 0 Å². The van der Waals surface area contributed by atoms with Crippen LogP contribution in [0.4, 0.5) is 5.95 Å². The van der Waals surface area contributed by atoms with Gasteiger partial charge in [-0.1, -0.05) is 18.2 Å². The molecule has 1 aromatic carbocycles. The van der Waals surface area contributed by atoms with Crippen LogP contribution in [-0.2, 0) is 0 Å². The average molecular weight is 277 g/mol. The molecule has 4 rings (SSSR count). The molecule has 0 fully saturated rings. The van der Waals surface area contributed by atoms with Crippen LogP contribution < -0.4 is 5.43 Å². The number of hydrogen-bond donors (Lipinski definition) is 3. The highest BCUT2D eigenvalue weighted by atomic mass is 15.4. The Labute approximate surface area is 119 Å². The third kappa shape index (κ3) is 2.10. The number of nitrogens with one attached hydrogen (secondary N) is 3. The predicted octanol–water partition coefficient (Wildman–Crippen LogP) is 2.28. The van der Waals surface area contributed by atoms with E-state index in [2.05, 4.69) is 35.7 Å². The summed E-state index contributed by atoms with van der Waals surface area (Å²) in [6.45, 7) is 0. The topological polar surface area (TPSA) is 94.6 Å². The summed E-state index contributed by atoms with van der Waals surface area (Å²) >= 11 is 0. The molecule has 0 saturated heterocycles. The van der Waals surface area contributed by atoms with Crippen LogP contribution in [0.3, 0.4) is 0 Å². The van der Waals surface area contributed by atoms with Gasteiger partial charge in [0, 0.05) is 17.1 Å². The first-order valence-corrected chi connectivity index (χ1v) is 6.44. The van der Waals surface area contributed by atoms with E-state index >= 15 is 0 Å². The zero-order valence-corrected chi connectivity index (χ0v) is 10.9. The Morgan fingerprint density at radius 1 is 1.10 bits per heavy atom. The Bertz CT molecular complexity index is 921. The minimum atomic E-state index is 0.344. The molecule has 0 amide bonds. The highest BCUT2D eigenvalue weighted by Gasteiger charge is 2.07. The second kappa shape index (κ2) is 4.71. The molecule has 3 heterocycles. The molecule has 3 aromatic heterocycles. The SMILES string of the molecule is C(=NNc1nnc2c(n1)[nH]c1ccccc12)c1ccc[nH]1. The number of para-hydroxylation sites is 1. The van der Waals surface area contributed by atoms with Gasteiger partial charge in [0.2, 0.25) is 0 Å². The lowest BCUT2D eigenvalue weighted by Gasteiger charge is -1.96. The zero-order valence-electron chi connectivity index (χ0n) is 10.9. The number of aromatic nitrogens is 5. The van der Waals surface area contributed by atoms with Crippen LogP contribution in [0.2, 0.25) is 0 Å². The Hall–Kier alpha value is -3.22. The summed E-state index contributed by atoms with van der Waals surface area (Å²) in [5.74, 6) is 0.344. The maximum atomic E-state index is 4.37. The first-order chi connectivity index (χ1) is 10.4. The van der Waals surface area contributed by atoms with E-state index in [0.29, 0.717) is 11.6 Å². The summed E-state index contributed by atoms with van der Waals surface area (Å²) in [6.07, 6.45) is 3.48. The van der Waals surface area contributed by atoms with Crippen molar-refractivity contribution in [3.8, 4) is 0 Å². The van der Waals surface area contributed by atoms with Gasteiger partial charge in [-0.3, -0.25) is 0 Å². The largest absolute Gasteiger partial charge is 0.360 e. The first kappa shape index (κ1) is 11.6. The standard InChI is InChI=1S/C14H11N7/c1-2-6-11-10(5-1)12-13(17-11)18-14(21-19-12)20-16-8-9-4-3-7-15-9/h1-8,15H,(H2,17,18,20,21). The molecule has 0 unspecified atom stereocenters. The number of hydrogen-bond acceptors (Lipinski definition) is 5. The van der Waals surface area contributed by atoms with Gasteiger partial charge in [0.1, 0.15) is 5.52 Å². The van der Waals surface area contributed by atoms with Crippen LogP contribution in [0.5, 0.6) is 0 Å². The van der Waals surface area contributed by atoms with Crippen molar-refractivity contribution in [1.29, 1.82) is 0 Å². The second-order valence-electron chi connectivity index (χ2n) is 4.50. The zero-order chi connectivity index (χ0) is 14.1. The van der Waals surface area contributed by atoms with E-state index in [9.17, 15) is 0 Å². The molecule has 0 radical (unpaired) electrons. The molecular formula is C14H11N7. The Morgan fingerprint density at radius 2 is 2.05 bits per heavy atom. The van der Waals surface area contributed by atoms with Gasteiger partial charge in [-0.15, -0.1) is 10.2 Å². The third-order valence-corrected chi connectivity index (χ3v) is 3.11. The number of benzene rings is 1. The summed E-state index contributed by atoms with van der Waals surface area (Å²) in [4.78, 5) is 10.6. The van der Waals surface area contributed by atoms with Crippen molar-refractivity contribution in [2.75, 3.05) is 5.43 Å². The fourth-order valence-electron chi connectivity index (χ4n) is 2.15. The fraction of sp³-hybridized carbons (Fsp3) is 0. The monoisotopic (exact) mass is 277 g/mol. The summed E-state index contributed by atoms with van der Waals surface area (Å²) in [7, 11) is 0. The van der Waals surface area contributed by atoms with Gasteiger partial charge < -0.3 is 9.97 Å². The van der Waals surface area contributed by atoms with E-state index in [-0.39, 0.29) is 0 Å². The number of rotatable bonds is 3. The van der Waals surface area contributed by atoms with Crippen molar-refractivity contribution in [3.05, 3.63) is 48.3 Å². The van der Waals surface area contributed by atoms with E-state index < -0.39 is 0 Å². The molecule has 0 aliphatic heterocycles. The van der Waals surface area contributed by atoms with Crippen LogP contribution in [-0.4, -0.2) is 31.4 Å². The Balaban J connectivity index is 1.66. The molecule has 0 aliphatic carbocycles. The quantitative estimate of drug-likeness (QED) is 0.395. The minimum absolute atomic E-state index is 0.344. The molecule has 4 aromatic rings. The number of hydrazone groups is 1. The van der Waals surface area contributed by atoms with Gasteiger partial charge in [-0.25, -0.2) is 5.43 Å². The molecule has 7 heteroatoms. The number of aromatic amines is 2. The molecular weight excluding hydrogens is 266 g/mol. The summed E-state index contributed by atoms with van der Waals surface area (Å²) in [6, 6.07) is 11.7. The fourth-order valence-corrected chi connectivity index (χ4v) is 2.15. The van der Waals surface area contributed by atoms with Crippen molar-refractivity contribution in [2.24, 2.45) is 5.10 Å². The maximum Gasteiger partial charge on any atom is 0.265 e. The molecule has 0 spiro atoms. The lowest BCUT2D eigenvalue weighted by atomic mass is 10.2. The van der Waals surface area contributed by atoms with Crippen molar-refractivity contribution in [1.82, 2.24) is 25.1 Å². The molecule has 0 saturated carbocycles. The Morgan fingerprint density at radius 3 is 2.95 bits per heavy atom. The molecule has 21 heavy (non-hydrogen) atoms. The molecule has 0 atom stereocenters. The summed E-state index contributed by atoms with van der Waals surface area (Å²) in [5, 5.41) is 13.3. The van der Waals surface area contributed by atoms with E-state index in [4.69, 9.17) is 0 Å². The van der Waals surface area contributed by atoms with Crippen molar-refractivity contribution < 1.29 is 0 Å². The van der Waals surface area contributed by atoms with E-state index in [0.717, 1.165) is 22.1 Å². The van der Waals surface area contributed by atoms with Crippen molar-refractivity contribution in [2.45, 2.75) is 0 Å². The first-order valence-electron chi connectivity index (χ1n) is 6.44.